The van der Waals surface area contributed by atoms with E-state index in [1.54, 1.807) is 12.1 Å². The largest absolute Gasteiger partial charge is 0.507 e. The Morgan fingerprint density at radius 1 is 1.14 bits per heavy atom. The van der Waals surface area contributed by atoms with E-state index in [1.165, 1.54) is 18.7 Å². The van der Waals surface area contributed by atoms with Gasteiger partial charge in [-0.15, -0.1) is 5.10 Å². The fourth-order valence-corrected chi connectivity index (χ4v) is 3.41. The second kappa shape index (κ2) is 9.92. The molecule has 0 bridgehead atoms. The molecule has 3 aromatic rings. The summed E-state index contributed by atoms with van der Waals surface area (Å²) < 4.78 is 11.5. The first-order valence-corrected chi connectivity index (χ1v) is 10.0. The van der Waals surface area contributed by atoms with Gasteiger partial charge >= 0.3 is 0 Å². The number of hydrogen-bond donors (Lipinski definition) is 2. The van der Waals surface area contributed by atoms with Crippen LogP contribution in [-0.4, -0.2) is 44.7 Å². The number of phenolic OH excluding ortho intramolecular Hbond substituents is 1. The molecule has 9 heteroatoms. The third-order valence-electron chi connectivity index (χ3n) is 4.09. The molecule has 0 saturated heterocycles. The number of benzene rings is 2. The summed E-state index contributed by atoms with van der Waals surface area (Å²) in [6.45, 7) is 4.11. The number of H-pyrrole nitrogens is 1. The molecular formula is C20H22N4O4S. The number of phenols is 1. The van der Waals surface area contributed by atoms with E-state index in [1.807, 2.05) is 31.2 Å². The van der Waals surface area contributed by atoms with Gasteiger partial charge in [0.15, 0.2) is 5.78 Å². The summed E-state index contributed by atoms with van der Waals surface area (Å²) >= 11 is 1.42. The lowest BCUT2D eigenvalue weighted by Crippen LogP contribution is -2.10. The van der Waals surface area contributed by atoms with Crippen LogP contribution in [0.15, 0.2) is 46.5 Å². The van der Waals surface area contributed by atoms with Crippen LogP contribution in [0.1, 0.15) is 36.2 Å². The lowest BCUT2D eigenvalue weighted by Gasteiger charge is -2.15. The summed E-state index contributed by atoms with van der Waals surface area (Å²) in [5.74, 6) is 1.13. The van der Waals surface area contributed by atoms with Crippen molar-refractivity contribution in [1.82, 2.24) is 20.6 Å². The summed E-state index contributed by atoms with van der Waals surface area (Å²) in [6, 6.07) is 10.9. The van der Waals surface area contributed by atoms with Crippen LogP contribution in [0.3, 0.4) is 0 Å². The molecule has 8 nitrogen and oxygen atoms in total. The molecule has 152 valence electrons. The summed E-state index contributed by atoms with van der Waals surface area (Å²) in [6.07, 6.45) is 1.46. The van der Waals surface area contributed by atoms with Gasteiger partial charge in [-0.05, 0) is 71.9 Å². The van der Waals surface area contributed by atoms with E-state index in [9.17, 15) is 9.90 Å². The number of tetrazole rings is 1. The van der Waals surface area contributed by atoms with Crippen LogP contribution in [0.2, 0.25) is 0 Å². The van der Waals surface area contributed by atoms with Crippen molar-refractivity contribution in [2.75, 3.05) is 13.2 Å². The Balaban J connectivity index is 1.53. The molecule has 0 radical (unpaired) electrons. The summed E-state index contributed by atoms with van der Waals surface area (Å²) in [5, 5.41) is 24.6. The predicted octanol–water partition coefficient (Wildman–Crippen LogP) is 3.67. The standard InChI is InChI=1S/C20H22N4O4S/c1-3-4-17-18(10-9-16(13(2)25)19(17)26)28-12-11-27-14-5-7-15(8-6-14)29-20-21-23-24-22-20/h5-10,26H,3-4,11-12H2,1-2H3,(H,21,22,23,24). The van der Waals surface area contributed by atoms with Gasteiger partial charge in [0, 0.05) is 10.5 Å². The monoisotopic (exact) mass is 414 g/mol. The van der Waals surface area contributed by atoms with E-state index in [-0.39, 0.29) is 11.5 Å². The van der Waals surface area contributed by atoms with E-state index in [2.05, 4.69) is 20.6 Å². The molecule has 1 heterocycles. The number of nitrogens with one attached hydrogen (secondary N) is 1. The number of carbonyl (C=O) groups is 1. The summed E-state index contributed by atoms with van der Waals surface area (Å²) in [5.41, 5.74) is 0.972. The first-order chi connectivity index (χ1) is 14.1. The van der Waals surface area contributed by atoms with Crippen molar-refractivity contribution < 1.29 is 19.4 Å². The highest BCUT2D eigenvalue weighted by Crippen LogP contribution is 2.33. The molecule has 0 atom stereocenters. The van der Waals surface area contributed by atoms with Gasteiger partial charge in [-0.3, -0.25) is 4.79 Å². The van der Waals surface area contributed by atoms with Gasteiger partial charge in [-0.1, -0.05) is 13.3 Å². The number of hydrogen-bond acceptors (Lipinski definition) is 8. The Hall–Kier alpha value is -3.07. The summed E-state index contributed by atoms with van der Waals surface area (Å²) in [7, 11) is 0. The van der Waals surface area contributed by atoms with Crippen molar-refractivity contribution in [3.63, 3.8) is 0 Å². The van der Waals surface area contributed by atoms with Crippen molar-refractivity contribution in [2.24, 2.45) is 0 Å². The van der Waals surface area contributed by atoms with Crippen LogP contribution in [0.4, 0.5) is 0 Å². The number of aromatic amines is 1. The molecule has 1 aromatic heterocycles. The second-order valence-electron chi connectivity index (χ2n) is 6.22. The van der Waals surface area contributed by atoms with E-state index in [4.69, 9.17) is 9.47 Å². The number of carbonyl (C=O) groups excluding carboxylic acids is 1. The van der Waals surface area contributed by atoms with Gasteiger partial charge in [0.05, 0.1) is 5.56 Å². The minimum absolute atomic E-state index is 0.00724. The van der Waals surface area contributed by atoms with Crippen molar-refractivity contribution in [1.29, 1.82) is 0 Å². The van der Waals surface area contributed by atoms with Gasteiger partial charge in [-0.25, -0.2) is 5.10 Å². The van der Waals surface area contributed by atoms with Crippen molar-refractivity contribution in [3.05, 3.63) is 47.5 Å². The van der Waals surface area contributed by atoms with Gasteiger partial charge in [-0.2, -0.15) is 0 Å². The van der Waals surface area contributed by atoms with Crippen LogP contribution < -0.4 is 9.47 Å². The fraction of sp³-hybridized carbons (Fsp3) is 0.300. The second-order valence-corrected chi connectivity index (χ2v) is 7.28. The quantitative estimate of drug-likeness (QED) is 0.382. The molecule has 0 saturated carbocycles. The highest BCUT2D eigenvalue weighted by molar-refractivity contribution is 7.99. The highest BCUT2D eigenvalue weighted by Gasteiger charge is 2.15. The van der Waals surface area contributed by atoms with Crippen LogP contribution in [0.25, 0.3) is 0 Å². The van der Waals surface area contributed by atoms with Crippen molar-refractivity contribution in [3.8, 4) is 17.2 Å². The van der Waals surface area contributed by atoms with Crippen LogP contribution >= 0.6 is 11.8 Å². The number of aromatic hydroxyl groups is 1. The van der Waals surface area contributed by atoms with Crippen molar-refractivity contribution >= 4 is 17.5 Å². The Morgan fingerprint density at radius 2 is 1.90 bits per heavy atom. The maximum atomic E-state index is 11.6. The minimum atomic E-state index is -0.170. The Morgan fingerprint density at radius 3 is 2.55 bits per heavy atom. The topological polar surface area (TPSA) is 110 Å². The van der Waals surface area contributed by atoms with E-state index >= 15 is 0 Å². The molecule has 29 heavy (non-hydrogen) atoms. The first kappa shape index (κ1) is 20.7. The van der Waals surface area contributed by atoms with Crippen LogP contribution in [0, 0.1) is 0 Å². The Bertz CT molecular complexity index is 946. The molecule has 3 rings (SSSR count). The number of aromatic nitrogens is 4. The lowest BCUT2D eigenvalue weighted by atomic mass is 10.0. The number of ketones is 1. The highest BCUT2D eigenvalue weighted by atomic mass is 32.2. The third kappa shape index (κ3) is 5.47. The lowest BCUT2D eigenvalue weighted by molar-refractivity contribution is 0.101. The van der Waals surface area contributed by atoms with E-state index in [0.717, 1.165) is 17.1 Å². The SMILES string of the molecule is CCCc1c(OCCOc2ccc(Sc3nnn[nH]3)cc2)ccc(C(C)=O)c1O. The molecule has 0 fully saturated rings. The Labute approximate surface area is 172 Å². The van der Waals surface area contributed by atoms with Gasteiger partial charge in [0.1, 0.15) is 30.5 Å². The third-order valence-corrected chi connectivity index (χ3v) is 4.97. The normalized spacial score (nSPS) is 10.7. The first-order valence-electron chi connectivity index (χ1n) is 9.21. The van der Waals surface area contributed by atoms with Gasteiger partial charge in [0.2, 0.25) is 5.16 Å². The van der Waals surface area contributed by atoms with Crippen molar-refractivity contribution in [2.45, 2.75) is 36.7 Å². The maximum absolute atomic E-state index is 11.6. The molecular weight excluding hydrogens is 392 g/mol. The molecule has 0 aliphatic carbocycles. The van der Waals surface area contributed by atoms with Crippen LogP contribution in [-0.2, 0) is 6.42 Å². The molecule has 2 aromatic carbocycles. The smallest absolute Gasteiger partial charge is 0.211 e. The average molecular weight is 414 g/mol. The van der Waals surface area contributed by atoms with E-state index < -0.39 is 0 Å². The fourth-order valence-electron chi connectivity index (χ4n) is 2.75. The predicted molar refractivity (Wildman–Crippen MR) is 108 cm³/mol. The average Bonchev–Trinajstić information content (AvgIpc) is 3.21. The molecule has 0 amide bonds. The van der Waals surface area contributed by atoms with Crippen LogP contribution in [0.5, 0.6) is 17.2 Å². The molecule has 0 aliphatic rings. The zero-order chi connectivity index (χ0) is 20.6. The van der Waals surface area contributed by atoms with Gasteiger partial charge < -0.3 is 14.6 Å². The summed E-state index contributed by atoms with van der Waals surface area (Å²) in [4.78, 5) is 12.6. The number of Topliss-reactive ketones (excluding diaryl/α,β-unsaturated/α-hetero) is 1. The van der Waals surface area contributed by atoms with E-state index in [0.29, 0.717) is 41.7 Å². The minimum Gasteiger partial charge on any atom is -0.507 e. The number of ether oxygens (including phenoxy) is 2. The zero-order valence-corrected chi connectivity index (χ0v) is 17.0. The molecule has 2 N–H and O–H groups in total. The number of nitrogens with zero attached hydrogens (tertiary/aromatic N) is 3. The number of rotatable bonds is 10. The van der Waals surface area contributed by atoms with Gasteiger partial charge in [0.25, 0.3) is 0 Å². The molecule has 0 spiro atoms. The zero-order valence-electron chi connectivity index (χ0n) is 16.2. The molecule has 0 unspecified atom stereocenters. The maximum Gasteiger partial charge on any atom is 0.211 e. The Kier molecular flexibility index (Phi) is 7.07. The molecule has 0 aliphatic heterocycles.